The van der Waals surface area contributed by atoms with E-state index in [1.807, 2.05) is 0 Å². The Morgan fingerprint density at radius 1 is 1.14 bits per heavy atom. The van der Waals surface area contributed by atoms with Gasteiger partial charge >= 0.3 is 5.97 Å². The molecule has 0 aromatic rings. The van der Waals surface area contributed by atoms with Crippen molar-refractivity contribution in [2.75, 3.05) is 26.8 Å². The molecule has 122 valence electrons. The van der Waals surface area contributed by atoms with Crippen LogP contribution in [0.25, 0.3) is 0 Å². The normalized spacial score (nSPS) is 17.0. The molecule has 5 heteroatoms. The number of carbonyl (C=O) groups is 2. The molecular formula is C16H29NO4. The van der Waals surface area contributed by atoms with Gasteiger partial charge in [0.1, 0.15) is 0 Å². The van der Waals surface area contributed by atoms with Gasteiger partial charge in [0.25, 0.3) is 6.47 Å². The highest BCUT2D eigenvalue weighted by molar-refractivity contribution is 5.69. The van der Waals surface area contributed by atoms with Crippen molar-refractivity contribution in [1.82, 2.24) is 4.90 Å². The van der Waals surface area contributed by atoms with E-state index >= 15 is 0 Å². The molecule has 1 saturated carbocycles. The van der Waals surface area contributed by atoms with Crippen molar-refractivity contribution in [2.24, 2.45) is 0 Å². The summed E-state index contributed by atoms with van der Waals surface area (Å²) in [6, 6.07) is 0.547. The molecule has 1 aliphatic rings. The Morgan fingerprint density at radius 3 is 2.43 bits per heavy atom. The van der Waals surface area contributed by atoms with Gasteiger partial charge in [-0.3, -0.25) is 14.5 Å². The predicted molar refractivity (Wildman–Crippen MR) is 80.9 cm³/mol. The average Bonchev–Trinajstić information content (AvgIpc) is 2.46. The summed E-state index contributed by atoms with van der Waals surface area (Å²) in [7, 11) is 1.43. The molecule has 0 radical (unpaired) electrons. The second-order valence-corrected chi connectivity index (χ2v) is 5.68. The number of hydrogen-bond acceptors (Lipinski definition) is 5. The van der Waals surface area contributed by atoms with Gasteiger partial charge in [-0.25, -0.2) is 0 Å². The summed E-state index contributed by atoms with van der Waals surface area (Å²) in [6.07, 6.45) is 10.2. The van der Waals surface area contributed by atoms with Gasteiger partial charge in [-0.05, 0) is 19.3 Å². The maximum Gasteiger partial charge on any atom is 0.306 e. The lowest BCUT2D eigenvalue weighted by Gasteiger charge is -2.32. The van der Waals surface area contributed by atoms with E-state index in [1.54, 1.807) is 0 Å². The Balaban J connectivity index is 2.46. The van der Waals surface area contributed by atoms with Gasteiger partial charge in [0.15, 0.2) is 0 Å². The van der Waals surface area contributed by atoms with E-state index < -0.39 is 0 Å². The first-order valence-corrected chi connectivity index (χ1v) is 8.14. The van der Waals surface area contributed by atoms with Crippen LogP contribution in [-0.4, -0.2) is 50.2 Å². The van der Waals surface area contributed by atoms with E-state index in [9.17, 15) is 9.59 Å². The number of nitrogens with zero attached hydrogens (tertiary/aromatic N) is 1. The molecule has 0 atom stereocenters. The number of rotatable bonds is 9. The lowest BCUT2D eigenvalue weighted by molar-refractivity contribution is -0.141. The van der Waals surface area contributed by atoms with Crippen LogP contribution >= 0.6 is 0 Å². The molecule has 0 heterocycles. The lowest BCUT2D eigenvalue weighted by Crippen LogP contribution is -2.38. The third-order valence-corrected chi connectivity index (χ3v) is 4.20. The minimum Gasteiger partial charge on any atom is -0.469 e. The first-order chi connectivity index (χ1) is 10.3. The smallest absolute Gasteiger partial charge is 0.306 e. The van der Waals surface area contributed by atoms with Crippen LogP contribution in [0, 0.1) is 0 Å². The summed E-state index contributed by atoms with van der Waals surface area (Å²) in [4.78, 5) is 24.0. The highest BCUT2D eigenvalue weighted by Crippen LogP contribution is 2.22. The zero-order valence-electron chi connectivity index (χ0n) is 13.2. The van der Waals surface area contributed by atoms with Crippen LogP contribution in [0.15, 0.2) is 0 Å². The Morgan fingerprint density at radius 2 is 1.81 bits per heavy atom. The van der Waals surface area contributed by atoms with Crippen LogP contribution < -0.4 is 0 Å². The highest BCUT2D eigenvalue weighted by Gasteiger charge is 2.20. The first kappa shape index (κ1) is 18.0. The third kappa shape index (κ3) is 8.05. The molecular weight excluding hydrogens is 270 g/mol. The molecule has 0 saturated heterocycles. The Hall–Kier alpha value is -1.10. The molecule has 0 bridgehead atoms. The second-order valence-electron chi connectivity index (χ2n) is 5.68. The molecule has 0 amide bonds. The fraction of sp³-hybridized carbons (Fsp3) is 0.875. The standard InChI is InChI=1S/C16H29NO4/c1-20-16(19)10-12-17(11-7-13-21-14-18)15-8-5-3-2-4-6-9-15/h14-15H,2-13H2,1H3. The van der Waals surface area contributed by atoms with Crippen molar-refractivity contribution in [2.45, 2.75) is 63.8 Å². The third-order valence-electron chi connectivity index (χ3n) is 4.20. The van der Waals surface area contributed by atoms with Crippen LogP contribution in [0.3, 0.4) is 0 Å². The van der Waals surface area contributed by atoms with Gasteiger partial charge in [0.05, 0.1) is 20.1 Å². The molecule has 0 unspecified atom stereocenters. The summed E-state index contributed by atoms with van der Waals surface area (Å²) in [5.74, 6) is -0.157. The summed E-state index contributed by atoms with van der Waals surface area (Å²) >= 11 is 0. The number of methoxy groups -OCH3 is 1. The van der Waals surface area contributed by atoms with E-state index in [-0.39, 0.29) is 5.97 Å². The highest BCUT2D eigenvalue weighted by atomic mass is 16.5. The maximum absolute atomic E-state index is 11.4. The van der Waals surface area contributed by atoms with Gasteiger partial charge in [-0.1, -0.05) is 32.1 Å². The van der Waals surface area contributed by atoms with Crippen LogP contribution in [0.5, 0.6) is 0 Å². The molecule has 5 nitrogen and oxygen atoms in total. The largest absolute Gasteiger partial charge is 0.469 e. The van der Waals surface area contributed by atoms with Crippen LogP contribution in [0.4, 0.5) is 0 Å². The van der Waals surface area contributed by atoms with Crippen molar-refractivity contribution in [1.29, 1.82) is 0 Å². The van der Waals surface area contributed by atoms with Crippen molar-refractivity contribution in [3.8, 4) is 0 Å². The molecule has 1 aliphatic carbocycles. The summed E-state index contributed by atoms with van der Waals surface area (Å²) in [6.45, 7) is 2.55. The first-order valence-electron chi connectivity index (χ1n) is 8.14. The Labute approximate surface area is 128 Å². The average molecular weight is 299 g/mol. The second kappa shape index (κ2) is 11.5. The minimum atomic E-state index is -0.157. The summed E-state index contributed by atoms with van der Waals surface area (Å²) < 4.78 is 9.50. The van der Waals surface area contributed by atoms with E-state index in [0.717, 1.165) is 19.5 Å². The van der Waals surface area contributed by atoms with Gasteiger partial charge in [-0.2, -0.15) is 0 Å². The van der Waals surface area contributed by atoms with E-state index in [1.165, 1.54) is 52.1 Å². The van der Waals surface area contributed by atoms with Gasteiger partial charge in [0, 0.05) is 19.1 Å². The van der Waals surface area contributed by atoms with E-state index in [2.05, 4.69) is 4.90 Å². The van der Waals surface area contributed by atoms with Crippen molar-refractivity contribution in [3.63, 3.8) is 0 Å². The topological polar surface area (TPSA) is 55.8 Å². The van der Waals surface area contributed by atoms with Gasteiger partial charge < -0.3 is 9.47 Å². The molecule has 0 aliphatic heterocycles. The molecule has 0 spiro atoms. The minimum absolute atomic E-state index is 0.157. The number of hydrogen-bond donors (Lipinski definition) is 0. The Kier molecular flexibility index (Phi) is 9.87. The fourth-order valence-corrected chi connectivity index (χ4v) is 3.01. The van der Waals surface area contributed by atoms with Crippen molar-refractivity contribution in [3.05, 3.63) is 0 Å². The number of carbonyl (C=O) groups excluding carboxylic acids is 2. The van der Waals surface area contributed by atoms with E-state index in [0.29, 0.717) is 25.5 Å². The van der Waals surface area contributed by atoms with Crippen LogP contribution in [0.1, 0.15) is 57.8 Å². The molecule has 1 rings (SSSR count). The van der Waals surface area contributed by atoms with Gasteiger partial charge in [-0.15, -0.1) is 0 Å². The molecule has 0 aromatic heterocycles. The number of esters is 1. The molecule has 0 aromatic carbocycles. The van der Waals surface area contributed by atoms with Crippen LogP contribution in [-0.2, 0) is 19.1 Å². The lowest BCUT2D eigenvalue weighted by atomic mass is 9.95. The van der Waals surface area contributed by atoms with E-state index in [4.69, 9.17) is 9.47 Å². The monoisotopic (exact) mass is 299 g/mol. The molecule has 0 N–H and O–H groups in total. The maximum atomic E-state index is 11.4. The zero-order chi connectivity index (χ0) is 15.3. The Bertz CT molecular complexity index is 288. The SMILES string of the molecule is COC(=O)CCN(CCCOC=O)C1CCCCCCC1. The number of ether oxygens (including phenoxy) is 2. The molecule has 21 heavy (non-hydrogen) atoms. The predicted octanol–water partition coefficient (Wildman–Crippen LogP) is 2.53. The fourth-order valence-electron chi connectivity index (χ4n) is 3.01. The van der Waals surface area contributed by atoms with Gasteiger partial charge in [0.2, 0.25) is 0 Å². The zero-order valence-corrected chi connectivity index (χ0v) is 13.2. The van der Waals surface area contributed by atoms with Crippen LogP contribution in [0.2, 0.25) is 0 Å². The quantitative estimate of drug-likeness (QED) is 0.372. The van der Waals surface area contributed by atoms with Crippen molar-refractivity contribution < 1.29 is 19.1 Å². The van der Waals surface area contributed by atoms with Crippen molar-refractivity contribution >= 4 is 12.4 Å². The molecule has 1 fully saturated rings. The summed E-state index contributed by atoms with van der Waals surface area (Å²) in [5.41, 5.74) is 0. The summed E-state index contributed by atoms with van der Waals surface area (Å²) in [5, 5.41) is 0.